The van der Waals surface area contributed by atoms with Crippen LogP contribution in [0.2, 0.25) is 0 Å². The Morgan fingerprint density at radius 2 is 1.90 bits per heavy atom. The zero-order valence-corrected chi connectivity index (χ0v) is 19.8. The van der Waals surface area contributed by atoms with E-state index in [0.717, 1.165) is 25.7 Å². The van der Waals surface area contributed by atoms with Gasteiger partial charge in [-0.3, -0.25) is 14.6 Å². The van der Waals surface area contributed by atoms with Gasteiger partial charge in [-0.05, 0) is 81.8 Å². The second-order valence-corrected chi connectivity index (χ2v) is 11.1. The number of rotatable bonds is 4. The van der Waals surface area contributed by atoms with Crippen LogP contribution in [-0.2, 0) is 4.79 Å². The molecular weight excluding hydrogens is 390 g/mol. The Bertz CT molecular complexity index is 791. The van der Waals surface area contributed by atoms with Gasteiger partial charge in [-0.1, -0.05) is 26.8 Å². The molecule has 2 fully saturated rings. The van der Waals surface area contributed by atoms with Gasteiger partial charge in [0.2, 0.25) is 5.91 Å². The van der Waals surface area contributed by atoms with Gasteiger partial charge in [0.1, 0.15) is 5.69 Å². The number of aliphatic hydroxyl groups is 1. The normalized spacial score (nSPS) is 34.4. The minimum Gasteiger partial charge on any atom is -0.392 e. The first-order chi connectivity index (χ1) is 14.4. The maximum Gasteiger partial charge on any atom is 0.270 e. The van der Waals surface area contributed by atoms with E-state index in [1.54, 1.807) is 18.3 Å². The number of hydrogen-bond acceptors (Lipinski definition) is 4. The number of aliphatic hydroxyl groups excluding tert-OH is 1. The lowest BCUT2D eigenvalue weighted by atomic mass is 9.51. The molecule has 0 aromatic carbocycles. The molecule has 1 aromatic heterocycles. The Balaban J connectivity index is 1.74. The molecule has 0 aliphatic heterocycles. The molecule has 0 radical (unpaired) electrons. The van der Waals surface area contributed by atoms with Gasteiger partial charge in [0.05, 0.1) is 6.10 Å². The van der Waals surface area contributed by atoms with Gasteiger partial charge in [0.15, 0.2) is 0 Å². The topological polar surface area (TPSA) is 91.3 Å². The van der Waals surface area contributed by atoms with Gasteiger partial charge in [-0.15, -0.1) is 0 Å². The van der Waals surface area contributed by atoms with Crippen molar-refractivity contribution >= 4 is 11.8 Å². The van der Waals surface area contributed by atoms with Crippen molar-refractivity contribution in [1.29, 1.82) is 0 Å². The summed E-state index contributed by atoms with van der Waals surface area (Å²) in [5.41, 5.74) is 0.151. The van der Waals surface area contributed by atoms with Crippen molar-refractivity contribution < 1.29 is 14.7 Å². The van der Waals surface area contributed by atoms with Crippen molar-refractivity contribution in [3.63, 3.8) is 0 Å². The first-order valence-corrected chi connectivity index (χ1v) is 11.6. The second-order valence-electron chi connectivity index (χ2n) is 11.1. The number of fused-ring (bicyclic) bond motifs is 1. The number of nitrogens with one attached hydrogen (secondary N) is 2. The van der Waals surface area contributed by atoms with Crippen LogP contribution in [0.5, 0.6) is 0 Å². The average Bonchev–Trinajstić information content (AvgIpc) is 2.69. The van der Waals surface area contributed by atoms with Crippen molar-refractivity contribution in [3.05, 3.63) is 30.1 Å². The quantitative estimate of drug-likeness (QED) is 0.683. The Morgan fingerprint density at radius 1 is 1.23 bits per heavy atom. The summed E-state index contributed by atoms with van der Waals surface area (Å²) < 4.78 is 0. The van der Waals surface area contributed by atoms with E-state index in [1.807, 2.05) is 33.8 Å². The Labute approximate surface area is 186 Å². The van der Waals surface area contributed by atoms with Crippen molar-refractivity contribution in [1.82, 2.24) is 15.6 Å². The summed E-state index contributed by atoms with van der Waals surface area (Å²) >= 11 is 0. The van der Waals surface area contributed by atoms with Gasteiger partial charge in [-0.25, -0.2) is 0 Å². The summed E-state index contributed by atoms with van der Waals surface area (Å²) in [6.07, 6.45) is 4.76. The molecule has 172 valence electrons. The Hall–Kier alpha value is -1.95. The van der Waals surface area contributed by atoms with E-state index in [4.69, 9.17) is 0 Å². The third-order valence-corrected chi connectivity index (χ3v) is 7.66. The zero-order valence-electron chi connectivity index (χ0n) is 19.8. The van der Waals surface area contributed by atoms with E-state index in [-0.39, 0.29) is 52.5 Å². The largest absolute Gasteiger partial charge is 0.392 e. The lowest BCUT2D eigenvalue weighted by Gasteiger charge is -2.56. The highest BCUT2D eigenvalue weighted by atomic mass is 16.3. The Morgan fingerprint density at radius 3 is 2.52 bits per heavy atom. The van der Waals surface area contributed by atoms with Crippen LogP contribution in [0.3, 0.4) is 0 Å². The predicted octanol–water partition coefficient (Wildman–Crippen LogP) is 3.55. The van der Waals surface area contributed by atoms with Crippen molar-refractivity contribution in [2.45, 2.75) is 84.9 Å². The van der Waals surface area contributed by atoms with Crippen LogP contribution in [0.25, 0.3) is 0 Å². The maximum atomic E-state index is 12.8. The molecule has 3 N–H and O–H groups in total. The van der Waals surface area contributed by atoms with Crippen LogP contribution < -0.4 is 10.6 Å². The SMILES string of the molecule is C[C@@H]1[C@@H]2[C@@H](O)[C@H]([C@H](C)C(=O)NC(C)(C)C)CC[C@]2(C)CC[C@@H]1NC(=O)c1ccccn1. The second kappa shape index (κ2) is 8.89. The van der Waals surface area contributed by atoms with Crippen LogP contribution in [0.1, 0.15) is 77.7 Å². The van der Waals surface area contributed by atoms with Crippen molar-refractivity contribution in [3.8, 4) is 0 Å². The molecule has 0 saturated heterocycles. The molecule has 2 saturated carbocycles. The predicted molar refractivity (Wildman–Crippen MR) is 121 cm³/mol. The van der Waals surface area contributed by atoms with Crippen LogP contribution >= 0.6 is 0 Å². The summed E-state index contributed by atoms with van der Waals surface area (Å²) in [4.78, 5) is 29.6. The third kappa shape index (κ3) is 5.11. The number of pyridine rings is 1. The zero-order chi connectivity index (χ0) is 23.0. The molecule has 1 heterocycles. The van der Waals surface area contributed by atoms with E-state index in [9.17, 15) is 14.7 Å². The fourth-order valence-electron chi connectivity index (χ4n) is 5.91. The summed E-state index contributed by atoms with van der Waals surface area (Å²) in [5, 5.41) is 17.7. The molecule has 0 unspecified atom stereocenters. The van der Waals surface area contributed by atoms with E-state index < -0.39 is 6.10 Å². The summed E-state index contributed by atoms with van der Waals surface area (Å²) in [7, 11) is 0. The number of aromatic nitrogens is 1. The fraction of sp³-hybridized carbons (Fsp3) is 0.720. The van der Waals surface area contributed by atoms with Gasteiger partial charge >= 0.3 is 0 Å². The number of carbonyl (C=O) groups is 2. The number of nitrogens with zero attached hydrogens (tertiary/aromatic N) is 1. The highest BCUT2D eigenvalue weighted by Gasteiger charge is 2.54. The molecule has 7 atom stereocenters. The molecule has 0 bridgehead atoms. The minimum atomic E-state index is -0.566. The van der Waals surface area contributed by atoms with Crippen molar-refractivity contribution in [2.75, 3.05) is 0 Å². The molecule has 3 rings (SSSR count). The summed E-state index contributed by atoms with van der Waals surface area (Å²) in [5.74, 6) is -0.340. The first kappa shape index (κ1) is 23.7. The molecule has 6 nitrogen and oxygen atoms in total. The fourth-order valence-corrected chi connectivity index (χ4v) is 5.91. The monoisotopic (exact) mass is 429 g/mol. The molecule has 2 aliphatic rings. The molecule has 31 heavy (non-hydrogen) atoms. The molecular formula is C25H39N3O3. The standard InChI is InChI=1S/C25H39N3O3/c1-15(22(30)28-24(3,4)5)17-10-12-25(6)13-11-18(16(2)20(25)21(17)29)27-23(31)19-9-7-8-14-26-19/h7-9,14-18,20-21,29H,10-13H2,1-6H3,(H,27,31)(H,28,30)/t15-,16-,17-,18-,20+,21-,25+/m0/s1. The van der Waals surface area contributed by atoms with Gasteiger partial charge in [-0.2, -0.15) is 0 Å². The van der Waals surface area contributed by atoms with Crippen LogP contribution in [0.4, 0.5) is 0 Å². The molecule has 2 aliphatic carbocycles. The first-order valence-electron chi connectivity index (χ1n) is 11.6. The summed E-state index contributed by atoms with van der Waals surface area (Å²) in [6.45, 7) is 12.3. The van der Waals surface area contributed by atoms with Crippen LogP contribution in [0.15, 0.2) is 24.4 Å². The highest BCUT2D eigenvalue weighted by Crippen LogP contribution is 2.55. The summed E-state index contributed by atoms with van der Waals surface area (Å²) in [6, 6.07) is 5.30. The van der Waals surface area contributed by atoms with E-state index in [0.29, 0.717) is 5.69 Å². The van der Waals surface area contributed by atoms with Crippen molar-refractivity contribution in [2.24, 2.45) is 29.1 Å². The molecule has 2 amide bonds. The lowest BCUT2D eigenvalue weighted by Crippen LogP contribution is -2.59. The van der Waals surface area contributed by atoms with Crippen LogP contribution in [-0.4, -0.2) is 39.6 Å². The average molecular weight is 430 g/mol. The van der Waals surface area contributed by atoms with E-state index >= 15 is 0 Å². The molecule has 0 spiro atoms. The van der Waals surface area contributed by atoms with Gasteiger partial charge in [0.25, 0.3) is 5.91 Å². The smallest absolute Gasteiger partial charge is 0.270 e. The Kier molecular flexibility index (Phi) is 6.80. The van der Waals surface area contributed by atoms with Gasteiger partial charge in [0, 0.05) is 23.7 Å². The highest BCUT2D eigenvalue weighted by molar-refractivity contribution is 5.92. The third-order valence-electron chi connectivity index (χ3n) is 7.66. The van der Waals surface area contributed by atoms with Crippen LogP contribution in [0, 0.1) is 29.1 Å². The molecule has 6 heteroatoms. The minimum absolute atomic E-state index is 0.00335. The molecule has 1 aromatic rings. The van der Waals surface area contributed by atoms with Gasteiger partial charge < -0.3 is 15.7 Å². The van der Waals surface area contributed by atoms with E-state index in [1.165, 1.54) is 0 Å². The lowest BCUT2D eigenvalue weighted by molar-refractivity contribution is -0.143. The number of hydrogen-bond donors (Lipinski definition) is 3. The maximum absolute atomic E-state index is 12.8. The number of amides is 2. The number of carbonyl (C=O) groups excluding carboxylic acids is 2. The van der Waals surface area contributed by atoms with E-state index in [2.05, 4.69) is 29.5 Å².